The highest BCUT2D eigenvalue weighted by molar-refractivity contribution is 5.73. The van der Waals surface area contributed by atoms with E-state index in [1.807, 2.05) is 30.5 Å². The normalized spacial score (nSPS) is 17.6. The van der Waals surface area contributed by atoms with Gasteiger partial charge in [-0.3, -0.25) is 4.98 Å². The number of hydrogen-bond donors (Lipinski definition) is 0. The van der Waals surface area contributed by atoms with Gasteiger partial charge in [0.2, 0.25) is 0 Å². The summed E-state index contributed by atoms with van der Waals surface area (Å²) in [5, 5.41) is 0. The van der Waals surface area contributed by atoms with Crippen LogP contribution < -0.4 is 0 Å². The van der Waals surface area contributed by atoms with E-state index in [-0.39, 0.29) is 0 Å². The first-order valence-electron chi connectivity index (χ1n) is 7.77. The number of para-hydroxylation sites is 2. The average Bonchev–Trinajstić information content (AvgIpc) is 3.00. The molecule has 1 aromatic carbocycles. The van der Waals surface area contributed by atoms with Crippen LogP contribution in [-0.4, -0.2) is 34.5 Å². The maximum Gasteiger partial charge on any atom is 0.0890 e. The molecule has 1 aromatic heterocycles. The lowest BCUT2D eigenvalue weighted by molar-refractivity contribution is 0.326. The van der Waals surface area contributed by atoms with Gasteiger partial charge in [0, 0.05) is 6.20 Å². The number of rotatable bonds is 5. The van der Waals surface area contributed by atoms with Gasteiger partial charge in [0.15, 0.2) is 0 Å². The number of nitrogens with zero attached hydrogens (tertiary/aromatic N) is 3. The molecule has 0 amide bonds. The zero-order valence-corrected chi connectivity index (χ0v) is 12.3. The minimum absolute atomic E-state index is 0.495. The van der Waals surface area contributed by atoms with Crippen molar-refractivity contribution in [2.75, 3.05) is 19.6 Å². The summed E-state index contributed by atoms with van der Waals surface area (Å²) in [4.78, 5) is 11.8. The molecule has 0 saturated carbocycles. The van der Waals surface area contributed by atoms with Gasteiger partial charge in [-0.15, -0.1) is 0 Å². The zero-order valence-electron chi connectivity index (χ0n) is 12.3. The first-order chi connectivity index (χ1) is 9.83. The molecular formula is C17H23N3. The van der Waals surface area contributed by atoms with E-state index in [1.54, 1.807) is 0 Å². The summed E-state index contributed by atoms with van der Waals surface area (Å²) in [6.07, 6.45) is 7.17. The van der Waals surface area contributed by atoms with Gasteiger partial charge in [0.05, 0.1) is 16.7 Å². The van der Waals surface area contributed by atoms with Gasteiger partial charge in [-0.05, 0) is 63.4 Å². The average molecular weight is 269 g/mol. The van der Waals surface area contributed by atoms with Crippen molar-refractivity contribution in [1.82, 2.24) is 14.9 Å². The minimum Gasteiger partial charge on any atom is -0.303 e. The Morgan fingerprint density at radius 2 is 1.90 bits per heavy atom. The fraction of sp³-hybridized carbons (Fsp3) is 0.529. The molecule has 0 N–H and O–H groups in total. The maximum atomic E-state index is 4.75. The van der Waals surface area contributed by atoms with Crippen LogP contribution in [0.1, 0.15) is 44.2 Å². The molecule has 1 atom stereocenters. The third kappa shape index (κ3) is 3.15. The highest BCUT2D eigenvalue weighted by Gasteiger charge is 2.13. The third-order valence-electron chi connectivity index (χ3n) is 4.28. The highest BCUT2D eigenvalue weighted by atomic mass is 15.1. The lowest BCUT2D eigenvalue weighted by Gasteiger charge is -2.16. The molecule has 1 aliphatic heterocycles. The van der Waals surface area contributed by atoms with Crippen molar-refractivity contribution in [3.8, 4) is 0 Å². The van der Waals surface area contributed by atoms with Crippen molar-refractivity contribution in [1.29, 1.82) is 0 Å². The van der Waals surface area contributed by atoms with Gasteiger partial charge < -0.3 is 4.90 Å². The van der Waals surface area contributed by atoms with Crippen LogP contribution in [0.25, 0.3) is 11.0 Å². The number of benzene rings is 1. The Morgan fingerprint density at radius 3 is 2.70 bits per heavy atom. The summed E-state index contributed by atoms with van der Waals surface area (Å²) in [7, 11) is 0. The van der Waals surface area contributed by atoms with E-state index >= 15 is 0 Å². The highest BCUT2D eigenvalue weighted by Crippen LogP contribution is 2.21. The molecule has 0 spiro atoms. The number of aromatic nitrogens is 2. The Morgan fingerprint density at radius 1 is 1.15 bits per heavy atom. The number of fused-ring (bicyclic) bond motifs is 1. The van der Waals surface area contributed by atoms with Crippen molar-refractivity contribution in [3.05, 3.63) is 36.2 Å². The smallest absolute Gasteiger partial charge is 0.0890 e. The molecule has 3 rings (SSSR count). The monoisotopic (exact) mass is 269 g/mol. The van der Waals surface area contributed by atoms with E-state index in [2.05, 4.69) is 16.8 Å². The van der Waals surface area contributed by atoms with Gasteiger partial charge in [0.1, 0.15) is 0 Å². The van der Waals surface area contributed by atoms with Gasteiger partial charge in [0.25, 0.3) is 0 Å². The second-order valence-electron chi connectivity index (χ2n) is 5.88. The second kappa shape index (κ2) is 6.31. The first-order valence-corrected chi connectivity index (χ1v) is 7.77. The minimum atomic E-state index is 0.495. The maximum absolute atomic E-state index is 4.75. The molecule has 106 valence electrons. The van der Waals surface area contributed by atoms with Crippen LogP contribution in [0, 0.1) is 0 Å². The largest absolute Gasteiger partial charge is 0.303 e. The van der Waals surface area contributed by atoms with Crippen LogP contribution >= 0.6 is 0 Å². The Balaban J connectivity index is 1.58. The Bertz CT molecular complexity index is 561. The van der Waals surface area contributed by atoms with E-state index in [1.165, 1.54) is 45.3 Å². The summed E-state index contributed by atoms with van der Waals surface area (Å²) in [5.74, 6) is 0.495. The SMILES string of the molecule is CC(CCCN1CCCC1)c1cnc2ccccc2n1. The molecular weight excluding hydrogens is 246 g/mol. The van der Waals surface area contributed by atoms with Crippen molar-refractivity contribution in [2.24, 2.45) is 0 Å². The molecule has 20 heavy (non-hydrogen) atoms. The topological polar surface area (TPSA) is 29.0 Å². The molecule has 2 heterocycles. The second-order valence-corrected chi connectivity index (χ2v) is 5.88. The van der Waals surface area contributed by atoms with Gasteiger partial charge in [-0.25, -0.2) is 4.98 Å². The quantitative estimate of drug-likeness (QED) is 0.830. The van der Waals surface area contributed by atoms with E-state index in [0.717, 1.165) is 16.7 Å². The molecule has 0 bridgehead atoms. The molecule has 0 radical (unpaired) electrons. The molecule has 1 saturated heterocycles. The van der Waals surface area contributed by atoms with Gasteiger partial charge >= 0.3 is 0 Å². The van der Waals surface area contributed by atoms with Crippen LogP contribution in [0.4, 0.5) is 0 Å². The van der Waals surface area contributed by atoms with Crippen LogP contribution in [-0.2, 0) is 0 Å². The fourth-order valence-electron chi connectivity index (χ4n) is 2.98. The number of likely N-dealkylation sites (tertiary alicyclic amines) is 1. The van der Waals surface area contributed by atoms with Crippen LogP contribution in [0.15, 0.2) is 30.5 Å². The molecule has 1 unspecified atom stereocenters. The lowest BCUT2D eigenvalue weighted by atomic mass is 10.0. The molecule has 2 aromatic rings. The third-order valence-corrected chi connectivity index (χ3v) is 4.28. The van der Waals surface area contributed by atoms with Crippen molar-refractivity contribution in [2.45, 2.75) is 38.5 Å². The van der Waals surface area contributed by atoms with Crippen molar-refractivity contribution < 1.29 is 0 Å². The van der Waals surface area contributed by atoms with E-state index in [4.69, 9.17) is 4.98 Å². The summed E-state index contributed by atoms with van der Waals surface area (Å²) in [6.45, 7) is 6.10. The summed E-state index contributed by atoms with van der Waals surface area (Å²) in [6, 6.07) is 8.10. The fourth-order valence-corrected chi connectivity index (χ4v) is 2.98. The van der Waals surface area contributed by atoms with Gasteiger partial charge in [-0.1, -0.05) is 19.1 Å². The van der Waals surface area contributed by atoms with Crippen LogP contribution in [0.5, 0.6) is 0 Å². The Kier molecular flexibility index (Phi) is 4.26. The van der Waals surface area contributed by atoms with E-state index in [9.17, 15) is 0 Å². The van der Waals surface area contributed by atoms with Crippen molar-refractivity contribution in [3.63, 3.8) is 0 Å². The van der Waals surface area contributed by atoms with Crippen molar-refractivity contribution >= 4 is 11.0 Å². The molecule has 3 heteroatoms. The number of hydrogen-bond acceptors (Lipinski definition) is 3. The summed E-state index contributed by atoms with van der Waals surface area (Å²) in [5.41, 5.74) is 3.13. The lowest BCUT2D eigenvalue weighted by Crippen LogP contribution is -2.20. The van der Waals surface area contributed by atoms with Crippen LogP contribution in [0.3, 0.4) is 0 Å². The first kappa shape index (κ1) is 13.5. The standard InChI is InChI=1S/C17H23N3/c1-14(7-6-12-20-10-4-5-11-20)17-13-18-15-8-2-3-9-16(15)19-17/h2-3,8-9,13-14H,4-7,10-12H2,1H3. The van der Waals surface area contributed by atoms with Crippen LogP contribution in [0.2, 0.25) is 0 Å². The Hall–Kier alpha value is -1.48. The summed E-state index contributed by atoms with van der Waals surface area (Å²) < 4.78 is 0. The zero-order chi connectivity index (χ0) is 13.8. The molecule has 1 fully saturated rings. The predicted octanol–water partition coefficient (Wildman–Crippen LogP) is 3.61. The Labute approximate surface area is 121 Å². The molecule has 0 aliphatic carbocycles. The molecule has 3 nitrogen and oxygen atoms in total. The summed E-state index contributed by atoms with van der Waals surface area (Å²) >= 11 is 0. The molecule has 1 aliphatic rings. The van der Waals surface area contributed by atoms with Gasteiger partial charge in [-0.2, -0.15) is 0 Å². The predicted molar refractivity (Wildman–Crippen MR) is 82.9 cm³/mol. The van der Waals surface area contributed by atoms with E-state index in [0.29, 0.717) is 5.92 Å². The van der Waals surface area contributed by atoms with E-state index < -0.39 is 0 Å².